The van der Waals surface area contributed by atoms with Crippen LogP contribution in [-0.4, -0.2) is 21.5 Å². The minimum Gasteiger partial charge on any atom is -0.353 e. The molecule has 0 unspecified atom stereocenters. The van der Waals surface area contributed by atoms with Crippen LogP contribution in [0.4, 0.5) is 0 Å². The fourth-order valence-corrected chi connectivity index (χ4v) is 4.70. The monoisotopic (exact) mass is 402 g/mol. The molecular formula is C21H11BrN2O2. The molecule has 5 heteroatoms. The van der Waals surface area contributed by atoms with Gasteiger partial charge in [0.2, 0.25) is 0 Å². The maximum Gasteiger partial charge on any atom is 0.172 e. The second-order valence-corrected chi connectivity index (χ2v) is 7.67. The highest BCUT2D eigenvalue weighted by atomic mass is 79.9. The van der Waals surface area contributed by atoms with Crippen molar-refractivity contribution in [3.63, 3.8) is 0 Å². The molecule has 0 atom stereocenters. The molecule has 0 saturated carbocycles. The van der Waals surface area contributed by atoms with Gasteiger partial charge in [-0.25, -0.2) is 0 Å². The average Bonchev–Trinajstić information content (AvgIpc) is 3.25. The molecule has 0 fully saturated rings. The molecule has 0 aliphatic heterocycles. The molecule has 2 aromatic heterocycles. The zero-order valence-corrected chi connectivity index (χ0v) is 15.0. The van der Waals surface area contributed by atoms with Gasteiger partial charge in [-0.15, -0.1) is 0 Å². The van der Waals surface area contributed by atoms with Crippen LogP contribution in [0.5, 0.6) is 0 Å². The number of para-hydroxylation sites is 1. The number of hydrogen-bond donors (Lipinski definition) is 2. The molecule has 2 heterocycles. The largest absolute Gasteiger partial charge is 0.353 e. The highest BCUT2D eigenvalue weighted by Crippen LogP contribution is 2.43. The smallest absolute Gasteiger partial charge is 0.172 e. The number of ketones is 2. The number of benzene rings is 3. The second kappa shape index (κ2) is 4.62. The fraction of sp³-hybridized carbons (Fsp3) is 0.0476. The van der Waals surface area contributed by atoms with Crippen LogP contribution in [0, 0.1) is 0 Å². The third kappa shape index (κ3) is 1.59. The molecule has 1 aliphatic rings. The third-order valence-electron chi connectivity index (χ3n) is 5.35. The first kappa shape index (κ1) is 14.3. The van der Waals surface area contributed by atoms with E-state index in [2.05, 4.69) is 25.9 Å². The molecule has 124 valence electrons. The van der Waals surface area contributed by atoms with E-state index in [1.165, 1.54) is 0 Å². The van der Waals surface area contributed by atoms with Gasteiger partial charge in [-0.3, -0.25) is 9.59 Å². The van der Waals surface area contributed by atoms with Crippen LogP contribution < -0.4 is 0 Å². The summed E-state index contributed by atoms with van der Waals surface area (Å²) < 4.78 is 0.962. The van der Waals surface area contributed by atoms with Crippen molar-refractivity contribution in [2.24, 2.45) is 0 Å². The summed E-state index contributed by atoms with van der Waals surface area (Å²) in [7, 11) is 0. The van der Waals surface area contributed by atoms with E-state index < -0.39 is 0 Å². The summed E-state index contributed by atoms with van der Waals surface area (Å²) in [6.07, 6.45) is -0.0494. The maximum atomic E-state index is 12.7. The number of halogens is 1. The number of fused-ring (bicyclic) bond motifs is 10. The Morgan fingerprint density at radius 1 is 0.769 bits per heavy atom. The van der Waals surface area contributed by atoms with Crippen molar-refractivity contribution in [2.75, 3.05) is 0 Å². The Labute approximate surface area is 155 Å². The fourth-order valence-electron chi connectivity index (χ4n) is 4.34. The minimum absolute atomic E-state index is 0.0494. The van der Waals surface area contributed by atoms with Crippen LogP contribution in [0.3, 0.4) is 0 Å². The average molecular weight is 403 g/mol. The molecule has 0 bridgehead atoms. The Balaban J connectivity index is 2.01. The number of aromatic nitrogens is 2. The van der Waals surface area contributed by atoms with Gasteiger partial charge in [0.05, 0.1) is 17.5 Å². The van der Waals surface area contributed by atoms with Crippen LogP contribution in [0.2, 0.25) is 0 Å². The lowest BCUT2D eigenvalue weighted by Crippen LogP contribution is -1.94. The lowest BCUT2D eigenvalue weighted by Gasteiger charge is -2.04. The Kier molecular flexibility index (Phi) is 2.54. The number of hydrogen-bond acceptors (Lipinski definition) is 2. The maximum absolute atomic E-state index is 12.7. The molecule has 3 aromatic carbocycles. The summed E-state index contributed by atoms with van der Waals surface area (Å²) in [4.78, 5) is 32.4. The van der Waals surface area contributed by atoms with Gasteiger partial charge in [0.15, 0.2) is 11.6 Å². The van der Waals surface area contributed by atoms with E-state index in [-0.39, 0.29) is 18.0 Å². The molecule has 0 amide bonds. The third-order valence-corrected chi connectivity index (χ3v) is 5.84. The second-order valence-electron chi connectivity index (χ2n) is 6.76. The summed E-state index contributed by atoms with van der Waals surface area (Å²) in [6, 6.07) is 13.9. The summed E-state index contributed by atoms with van der Waals surface area (Å²) in [5, 5.41) is 3.63. The Hall–Kier alpha value is -2.92. The van der Waals surface area contributed by atoms with E-state index in [0.29, 0.717) is 11.1 Å². The Morgan fingerprint density at radius 3 is 2.12 bits per heavy atom. The van der Waals surface area contributed by atoms with Crippen molar-refractivity contribution in [3.05, 3.63) is 58.1 Å². The van der Waals surface area contributed by atoms with Crippen molar-refractivity contribution in [2.45, 2.75) is 6.42 Å². The predicted octanol–water partition coefficient (Wildman–Crippen LogP) is 5.49. The van der Waals surface area contributed by atoms with Gasteiger partial charge in [0, 0.05) is 48.2 Å². The van der Waals surface area contributed by atoms with E-state index in [1.807, 2.05) is 42.5 Å². The van der Waals surface area contributed by atoms with Crippen molar-refractivity contribution in [1.82, 2.24) is 9.97 Å². The Morgan fingerprint density at radius 2 is 1.38 bits per heavy atom. The van der Waals surface area contributed by atoms with Gasteiger partial charge in [0.25, 0.3) is 0 Å². The predicted molar refractivity (Wildman–Crippen MR) is 106 cm³/mol. The SMILES string of the molecule is O=C1CC(=O)c2c1c1c3ccccc3[nH]c1c1[nH]c3cc(Br)ccc3c21. The van der Waals surface area contributed by atoms with Gasteiger partial charge in [-0.2, -0.15) is 0 Å². The molecule has 2 N–H and O–H groups in total. The van der Waals surface area contributed by atoms with Gasteiger partial charge in [-0.1, -0.05) is 40.2 Å². The molecule has 26 heavy (non-hydrogen) atoms. The van der Waals surface area contributed by atoms with Gasteiger partial charge < -0.3 is 9.97 Å². The molecule has 0 spiro atoms. The number of carbonyl (C=O) groups is 2. The Bertz CT molecular complexity index is 1460. The zero-order chi connectivity index (χ0) is 17.6. The molecule has 0 saturated heterocycles. The number of Topliss-reactive ketones (excluding diaryl/α,β-unsaturated/α-hetero) is 2. The van der Waals surface area contributed by atoms with E-state index in [4.69, 9.17) is 0 Å². The molecule has 1 aliphatic carbocycles. The van der Waals surface area contributed by atoms with Crippen molar-refractivity contribution >= 4 is 71.1 Å². The van der Waals surface area contributed by atoms with Crippen molar-refractivity contribution < 1.29 is 9.59 Å². The normalized spacial score (nSPS) is 14.3. The standard InChI is InChI=1S/C21H11BrN2O2/c22-9-5-6-11-13(7-9)24-21-17(11)19-15(26)8-14(25)18(19)16-10-3-1-2-4-12(10)23-20(16)21/h1-7,23-24H,8H2. The number of aromatic amines is 2. The lowest BCUT2D eigenvalue weighted by molar-refractivity contribution is 0.0924. The van der Waals surface area contributed by atoms with E-state index in [1.54, 1.807) is 0 Å². The summed E-state index contributed by atoms with van der Waals surface area (Å²) in [6.45, 7) is 0. The van der Waals surface area contributed by atoms with E-state index in [0.717, 1.165) is 48.1 Å². The van der Waals surface area contributed by atoms with Crippen LogP contribution >= 0.6 is 15.9 Å². The van der Waals surface area contributed by atoms with Crippen LogP contribution in [0.1, 0.15) is 27.1 Å². The first-order valence-electron chi connectivity index (χ1n) is 8.37. The van der Waals surface area contributed by atoms with Gasteiger partial charge >= 0.3 is 0 Å². The van der Waals surface area contributed by atoms with Crippen molar-refractivity contribution in [3.8, 4) is 0 Å². The lowest BCUT2D eigenvalue weighted by atomic mass is 9.97. The van der Waals surface area contributed by atoms with Crippen LogP contribution in [0.15, 0.2) is 46.9 Å². The number of nitrogens with one attached hydrogen (secondary N) is 2. The summed E-state index contributed by atoms with van der Waals surface area (Å²) in [5.41, 5.74) is 4.80. The minimum atomic E-state index is -0.0917. The summed E-state index contributed by atoms with van der Waals surface area (Å²) in [5.74, 6) is -0.181. The molecular weight excluding hydrogens is 392 g/mol. The quantitative estimate of drug-likeness (QED) is 0.336. The highest BCUT2D eigenvalue weighted by Gasteiger charge is 2.34. The van der Waals surface area contributed by atoms with Crippen molar-refractivity contribution in [1.29, 1.82) is 0 Å². The first-order valence-corrected chi connectivity index (χ1v) is 9.16. The van der Waals surface area contributed by atoms with Crippen LogP contribution in [-0.2, 0) is 0 Å². The van der Waals surface area contributed by atoms with E-state index >= 15 is 0 Å². The summed E-state index contributed by atoms with van der Waals surface area (Å²) >= 11 is 3.50. The molecule has 4 nitrogen and oxygen atoms in total. The van der Waals surface area contributed by atoms with Gasteiger partial charge in [0.1, 0.15) is 0 Å². The first-order chi connectivity index (χ1) is 12.6. The molecule has 0 radical (unpaired) electrons. The zero-order valence-electron chi connectivity index (χ0n) is 13.4. The number of carbonyl (C=O) groups excluding carboxylic acids is 2. The highest BCUT2D eigenvalue weighted by molar-refractivity contribution is 9.10. The van der Waals surface area contributed by atoms with E-state index in [9.17, 15) is 9.59 Å². The van der Waals surface area contributed by atoms with Gasteiger partial charge in [-0.05, 0) is 18.2 Å². The topological polar surface area (TPSA) is 65.7 Å². The molecule has 6 rings (SSSR count). The number of rotatable bonds is 0. The van der Waals surface area contributed by atoms with Crippen LogP contribution in [0.25, 0.3) is 43.6 Å². The molecule has 5 aromatic rings. The number of H-pyrrole nitrogens is 2.